The summed E-state index contributed by atoms with van der Waals surface area (Å²) in [5.74, 6) is 0.214. The predicted octanol–water partition coefficient (Wildman–Crippen LogP) is 6.09. The third kappa shape index (κ3) is 4.46. The summed E-state index contributed by atoms with van der Waals surface area (Å²) in [6, 6.07) is 19.0. The van der Waals surface area contributed by atoms with Crippen LogP contribution in [-0.4, -0.2) is 17.1 Å². The third-order valence-corrected chi connectivity index (χ3v) is 5.26. The summed E-state index contributed by atoms with van der Waals surface area (Å²) in [7, 11) is 0. The fraction of sp³-hybridized carbons (Fsp3) is 0.0455. The van der Waals surface area contributed by atoms with Crippen LogP contribution < -0.4 is 5.43 Å². The highest BCUT2D eigenvalue weighted by Crippen LogP contribution is 2.27. The van der Waals surface area contributed by atoms with Gasteiger partial charge in [-0.2, -0.15) is 5.10 Å². The normalized spacial score (nSPS) is 11.3. The van der Waals surface area contributed by atoms with Gasteiger partial charge in [-0.15, -0.1) is 0 Å². The van der Waals surface area contributed by atoms with Gasteiger partial charge in [0.1, 0.15) is 5.76 Å². The minimum absolute atomic E-state index is 0.316. The molecule has 0 fully saturated rings. The molecule has 0 bridgehead atoms. The third-order valence-electron chi connectivity index (χ3n) is 4.30. The van der Waals surface area contributed by atoms with Gasteiger partial charge < -0.3 is 4.42 Å². The largest absolute Gasteiger partial charge is 0.448 e. The molecule has 2 heterocycles. The zero-order chi connectivity index (χ0) is 20.4. The van der Waals surface area contributed by atoms with E-state index in [2.05, 4.69) is 42.4 Å². The van der Waals surface area contributed by atoms with Crippen LogP contribution in [0.4, 0.5) is 0 Å². The fourth-order valence-electron chi connectivity index (χ4n) is 2.91. The number of furan rings is 1. The number of pyridine rings is 1. The van der Waals surface area contributed by atoms with Crippen molar-refractivity contribution in [2.24, 2.45) is 5.10 Å². The van der Waals surface area contributed by atoms with Crippen molar-refractivity contribution in [3.63, 3.8) is 0 Å². The Morgan fingerprint density at radius 2 is 1.86 bits per heavy atom. The average molecular weight is 513 g/mol. The molecule has 0 aliphatic heterocycles. The molecule has 7 heteroatoms. The number of benzene rings is 2. The minimum Gasteiger partial charge on any atom is -0.448 e. The molecular weight excluding hydrogens is 498 g/mol. The highest BCUT2D eigenvalue weighted by Gasteiger charge is 2.14. The molecule has 4 aromatic rings. The maximum Gasteiger partial charge on any atom is 0.272 e. The zero-order valence-corrected chi connectivity index (χ0v) is 18.5. The van der Waals surface area contributed by atoms with E-state index >= 15 is 0 Å². The number of nitrogens with one attached hydrogen (secondary N) is 1. The molecule has 0 radical (unpaired) electrons. The number of carbonyl (C=O) groups is 1. The number of aryl methyl sites for hydroxylation is 1. The minimum atomic E-state index is -0.316. The summed E-state index contributed by atoms with van der Waals surface area (Å²) in [4.78, 5) is 17.6. The fourth-order valence-corrected chi connectivity index (χ4v) is 3.49. The van der Waals surface area contributed by atoms with E-state index < -0.39 is 0 Å². The van der Waals surface area contributed by atoms with E-state index in [1.54, 1.807) is 18.2 Å². The molecule has 0 saturated heterocycles. The summed E-state index contributed by atoms with van der Waals surface area (Å²) < 4.78 is 6.92. The molecule has 5 nitrogen and oxygen atoms in total. The van der Waals surface area contributed by atoms with Crippen LogP contribution in [0.2, 0.25) is 0 Å². The molecule has 0 aliphatic carbocycles. The Labute approximate surface area is 184 Å². The van der Waals surface area contributed by atoms with Crippen molar-refractivity contribution < 1.29 is 9.21 Å². The molecule has 0 aliphatic rings. The number of carbonyl (C=O) groups excluding carboxylic acids is 1. The molecule has 2 aromatic carbocycles. The van der Waals surface area contributed by atoms with Gasteiger partial charge in [0.15, 0.2) is 4.67 Å². The lowest BCUT2D eigenvalue weighted by Crippen LogP contribution is -2.18. The summed E-state index contributed by atoms with van der Waals surface area (Å²) in [5, 5.41) is 4.79. The molecule has 0 atom stereocenters. The van der Waals surface area contributed by atoms with Crippen molar-refractivity contribution >= 4 is 54.9 Å². The zero-order valence-electron chi connectivity index (χ0n) is 15.3. The Morgan fingerprint density at radius 3 is 2.59 bits per heavy atom. The summed E-state index contributed by atoms with van der Waals surface area (Å²) in [6.45, 7) is 1.98. The van der Waals surface area contributed by atoms with Crippen LogP contribution in [0.3, 0.4) is 0 Å². The van der Waals surface area contributed by atoms with Gasteiger partial charge in [-0.05, 0) is 65.3 Å². The van der Waals surface area contributed by atoms with Gasteiger partial charge in [0.2, 0.25) is 0 Å². The van der Waals surface area contributed by atoms with E-state index in [1.807, 2.05) is 49.4 Å². The first-order chi connectivity index (χ1) is 14.0. The second kappa shape index (κ2) is 8.31. The Balaban J connectivity index is 1.72. The number of rotatable bonds is 4. The molecule has 1 N–H and O–H groups in total. The van der Waals surface area contributed by atoms with Gasteiger partial charge in [-0.1, -0.05) is 39.7 Å². The van der Waals surface area contributed by atoms with Crippen molar-refractivity contribution in [2.45, 2.75) is 6.92 Å². The van der Waals surface area contributed by atoms with Crippen molar-refractivity contribution in [2.75, 3.05) is 0 Å². The number of aromatic nitrogens is 1. The lowest BCUT2D eigenvalue weighted by molar-refractivity contribution is 0.0956. The molecule has 1 amide bonds. The van der Waals surface area contributed by atoms with Crippen molar-refractivity contribution in [3.8, 4) is 11.3 Å². The smallest absolute Gasteiger partial charge is 0.272 e. The first-order valence-corrected chi connectivity index (χ1v) is 10.3. The van der Waals surface area contributed by atoms with E-state index in [4.69, 9.17) is 9.40 Å². The Bertz CT molecular complexity index is 1230. The Hall–Kier alpha value is -2.77. The molecule has 4 rings (SSSR count). The molecule has 144 valence electrons. The number of nitrogens with zero attached hydrogens (tertiary/aromatic N) is 2. The highest BCUT2D eigenvalue weighted by molar-refractivity contribution is 9.10. The molecule has 2 aromatic heterocycles. The summed E-state index contributed by atoms with van der Waals surface area (Å²) in [5.41, 5.74) is 6.53. The van der Waals surface area contributed by atoms with E-state index in [1.165, 1.54) is 6.21 Å². The SMILES string of the molecule is Cc1ccc2nc(-c3ccc(Br)cc3)cc(C(=O)NN=Cc3ccc(Br)o3)c2c1. The topological polar surface area (TPSA) is 67.5 Å². The van der Waals surface area contributed by atoms with Crippen LogP contribution in [0.25, 0.3) is 22.2 Å². The quantitative estimate of drug-likeness (QED) is 0.265. The van der Waals surface area contributed by atoms with Crippen molar-refractivity contribution in [1.29, 1.82) is 0 Å². The van der Waals surface area contributed by atoms with Crippen LogP contribution in [-0.2, 0) is 0 Å². The lowest BCUT2D eigenvalue weighted by atomic mass is 10.0. The van der Waals surface area contributed by atoms with E-state index in [-0.39, 0.29) is 5.91 Å². The maximum absolute atomic E-state index is 12.9. The lowest BCUT2D eigenvalue weighted by Gasteiger charge is -2.10. The Kier molecular flexibility index (Phi) is 5.60. The van der Waals surface area contributed by atoms with Crippen LogP contribution in [0.1, 0.15) is 21.7 Å². The molecule has 0 unspecified atom stereocenters. The predicted molar refractivity (Wildman–Crippen MR) is 121 cm³/mol. The number of hydrazone groups is 1. The number of fused-ring (bicyclic) bond motifs is 1. The van der Waals surface area contributed by atoms with E-state index in [0.717, 1.165) is 32.2 Å². The molecule has 0 saturated carbocycles. The number of hydrogen-bond acceptors (Lipinski definition) is 4. The van der Waals surface area contributed by atoms with Gasteiger partial charge in [-0.3, -0.25) is 4.79 Å². The van der Waals surface area contributed by atoms with Crippen molar-refractivity contribution in [3.05, 3.63) is 86.7 Å². The van der Waals surface area contributed by atoms with Crippen LogP contribution in [0.15, 0.2) is 79.3 Å². The highest BCUT2D eigenvalue weighted by atomic mass is 79.9. The summed E-state index contributed by atoms with van der Waals surface area (Å²) >= 11 is 6.67. The average Bonchev–Trinajstić information content (AvgIpc) is 3.12. The summed E-state index contributed by atoms with van der Waals surface area (Å²) in [6.07, 6.45) is 1.45. The van der Waals surface area contributed by atoms with Gasteiger partial charge >= 0.3 is 0 Å². The van der Waals surface area contributed by atoms with E-state index in [0.29, 0.717) is 16.0 Å². The second-order valence-corrected chi connectivity index (χ2v) is 8.12. The van der Waals surface area contributed by atoms with Gasteiger partial charge in [0.05, 0.1) is 23.0 Å². The second-order valence-electron chi connectivity index (χ2n) is 6.42. The maximum atomic E-state index is 12.9. The Morgan fingerprint density at radius 1 is 1.07 bits per heavy atom. The molecule has 29 heavy (non-hydrogen) atoms. The number of halogens is 2. The first-order valence-electron chi connectivity index (χ1n) is 8.76. The van der Waals surface area contributed by atoms with Crippen LogP contribution in [0.5, 0.6) is 0 Å². The first kappa shape index (κ1) is 19.5. The van der Waals surface area contributed by atoms with E-state index in [9.17, 15) is 4.79 Å². The van der Waals surface area contributed by atoms with Gasteiger partial charge in [0, 0.05) is 15.4 Å². The van der Waals surface area contributed by atoms with Crippen LogP contribution in [0, 0.1) is 6.92 Å². The van der Waals surface area contributed by atoms with Crippen LogP contribution >= 0.6 is 31.9 Å². The monoisotopic (exact) mass is 511 g/mol. The van der Waals surface area contributed by atoms with Crippen molar-refractivity contribution in [1.82, 2.24) is 10.4 Å². The molecular formula is C22H15Br2N3O2. The standard InChI is InChI=1S/C22H15Br2N3O2/c1-13-2-8-19-17(10-13)18(11-20(26-19)14-3-5-15(23)6-4-14)22(28)27-25-12-16-7-9-21(24)29-16/h2-12H,1H3,(H,27,28). The number of hydrogen-bond donors (Lipinski definition) is 1. The number of amides is 1. The molecule has 0 spiro atoms. The van der Waals surface area contributed by atoms with Gasteiger partial charge in [-0.25, -0.2) is 10.4 Å². The van der Waals surface area contributed by atoms with Gasteiger partial charge in [0.25, 0.3) is 5.91 Å².